The first-order valence-corrected chi connectivity index (χ1v) is 42.7. The van der Waals surface area contributed by atoms with Gasteiger partial charge in [0.1, 0.15) is 116 Å². The number of unbranched alkanes of at least 4 members (excludes halogenated alkanes) is 30. The summed E-state index contributed by atoms with van der Waals surface area (Å²) in [6.45, 7) is 0.344. The smallest absolute Gasteiger partial charge is 0.364 e. The van der Waals surface area contributed by atoms with Crippen molar-refractivity contribution in [3.63, 3.8) is 0 Å². The zero-order valence-corrected chi connectivity index (χ0v) is 68.2. The van der Waals surface area contributed by atoms with Crippen molar-refractivity contribution >= 4 is 23.7 Å². The van der Waals surface area contributed by atoms with Crippen LogP contribution in [0.2, 0.25) is 0 Å². The fourth-order valence-corrected chi connectivity index (χ4v) is 15.4. The Labute approximate surface area is 677 Å². The molecule has 670 valence electrons. The van der Waals surface area contributed by atoms with Crippen molar-refractivity contribution in [2.75, 3.05) is 39.6 Å². The molecule has 3 amide bonds. The van der Waals surface area contributed by atoms with Gasteiger partial charge in [0, 0.05) is 26.7 Å². The van der Waals surface area contributed by atoms with Crippen LogP contribution in [0.15, 0.2) is 24.3 Å². The number of rotatable bonds is 59. The summed E-state index contributed by atoms with van der Waals surface area (Å²) in [5.41, 5.74) is 0. The Kier molecular flexibility index (Phi) is 49.7. The molecular weight excluding hydrogens is 1510 g/mol. The molecule has 5 rings (SSSR count). The number of ether oxygens (including phenoxy) is 10. The topological polar surface area (TPSA) is 541 Å². The van der Waals surface area contributed by atoms with E-state index in [1.165, 1.54) is 141 Å². The van der Waals surface area contributed by atoms with Crippen molar-refractivity contribution in [3.05, 3.63) is 24.3 Å². The van der Waals surface area contributed by atoms with E-state index in [-0.39, 0.29) is 12.3 Å². The van der Waals surface area contributed by atoms with Crippen molar-refractivity contribution in [3.8, 4) is 0 Å². The van der Waals surface area contributed by atoms with Gasteiger partial charge in [-0.15, -0.1) is 0 Å². The predicted octanol–water partition coefficient (Wildman–Crippen LogP) is 1.85. The van der Waals surface area contributed by atoms with E-state index in [1.54, 1.807) is 6.08 Å². The third kappa shape index (κ3) is 33.6. The van der Waals surface area contributed by atoms with Crippen LogP contribution in [0, 0.1) is 0 Å². The summed E-state index contributed by atoms with van der Waals surface area (Å²) in [6, 6.07) is -4.81. The lowest BCUT2D eigenvalue weighted by atomic mass is 9.88. The number of aliphatic hydroxyl groups excluding tert-OH is 16. The number of hydrogen-bond acceptors (Lipinski definition) is 30. The van der Waals surface area contributed by atoms with Crippen LogP contribution in [0.3, 0.4) is 0 Å². The van der Waals surface area contributed by atoms with Crippen LogP contribution in [0.4, 0.5) is 0 Å². The second-order valence-electron chi connectivity index (χ2n) is 31.7. The standard InChI is InChI=1S/C81H145N3O31/c1-5-7-9-11-13-15-17-19-20-21-22-23-24-25-26-27-28-30-32-34-36-38-40-42-60(95)84-52(53(92)41-39-37-35-33-31-29-18-16-14-12-10-8-6-2)49-106-77-69(102)67(100)71(58(47-88)109-77)111-79-70(103)75(115-81(80(104)105)43-54(93)61(82-50(3)90)74(114-81)63(96)55(94)44-85)72(59(48-89)110-79)112-76-62(83-51(4)91)73(65(98)57(46-87)107-76)113-78-68(101)66(99)64(97)56(45-86)108-78/h19-20,39,41,52-59,61-79,85-89,92-94,96-103H,5-18,21-38,40,42-49H2,1-4H3,(H,82,90)(H,83,91)(H,84,95)(H,104,105)/b20-19-,41-39+/t52?,53?,54?,55-,56?,57?,58?,59?,61+,62?,63-,64?,65?,66?,67?,68?,69?,70?,71?,72?,73?,74?,75?,76?,77?,78?,79?,81?/m0/s1. The largest absolute Gasteiger partial charge is 0.477 e. The number of aliphatic carboxylic acids is 1. The molecule has 0 radical (unpaired) electrons. The van der Waals surface area contributed by atoms with Gasteiger partial charge in [-0.1, -0.05) is 205 Å². The van der Waals surface area contributed by atoms with Gasteiger partial charge >= 0.3 is 5.97 Å². The summed E-state index contributed by atoms with van der Waals surface area (Å²) in [5, 5.41) is 197. The number of nitrogens with one attached hydrogen (secondary N) is 3. The lowest BCUT2D eigenvalue weighted by molar-refractivity contribution is -0.403. The summed E-state index contributed by atoms with van der Waals surface area (Å²) in [4.78, 5) is 53.1. The van der Waals surface area contributed by atoms with Gasteiger partial charge in [0.25, 0.3) is 5.79 Å². The normalized spacial score (nSPS) is 33.1. The van der Waals surface area contributed by atoms with Crippen LogP contribution in [-0.4, -0.2) is 321 Å². The van der Waals surface area contributed by atoms with Gasteiger partial charge in [0.05, 0.1) is 63.9 Å². The molecule has 0 aliphatic carbocycles. The molecule has 5 saturated heterocycles. The van der Waals surface area contributed by atoms with Crippen LogP contribution in [0.1, 0.15) is 252 Å². The molecule has 5 heterocycles. The highest BCUT2D eigenvalue weighted by Gasteiger charge is 2.62. The molecule has 0 aromatic heterocycles. The molecule has 25 unspecified atom stereocenters. The Morgan fingerprint density at radius 3 is 1.37 bits per heavy atom. The molecule has 0 bridgehead atoms. The number of carbonyl (C=O) groups excluding carboxylic acids is 3. The zero-order chi connectivity index (χ0) is 84.4. The molecule has 5 aliphatic heterocycles. The first-order valence-electron chi connectivity index (χ1n) is 42.7. The Hall–Kier alpha value is -3.68. The highest BCUT2D eigenvalue weighted by atomic mass is 16.8. The second kappa shape index (κ2) is 56.1. The molecule has 0 aromatic rings. The van der Waals surface area contributed by atoms with E-state index in [4.69, 9.17) is 47.4 Å². The molecule has 20 N–H and O–H groups in total. The maximum absolute atomic E-state index is 13.9. The maximum Gasteiger partial charge on any atom is 0.364 e. The highest BCUT2D eigenvalue weighted by Crippen LogP contribution is 2.41. The molecule has 115 heavy (non-hydrogen) atoms. The number of aliphatic hydroxyl groups is 16. The van der Waals surface area contributed by atoms with Gasteiger partial charge in [-0.2, -0.15) is 0 Å². The van der Waals surface area contributed by atoms with Gasteiger partial charge in [-0.05, 0) is 44.9 Å². The molecule has 28 atom stereocenters. The number of carboxylic acid groups (broad SMARTS) is 1. The first kappa shape index (κ1) is 102. The van der Waals surface area contributed by atoms with Crippen LogP contribution in [0.25, 0.3) is 0 Å². The number of allylic oxidation sites excluding steroid dienone is 3. The first-order chi connectivity index (χ1) is 55.3. The molecule has 34 nitrogen and oxygen atoms in total. The fraction of sp³-hybridized carbons (Fsp3) is 0.901. The quantitative estimate of drug-likeness (QED) is 0.0305. The molecule has 34 heteroatoms. The maximum atomic E-state index is 13.9. The molecule has 0 aromatic carbocycles. The average Bonchev–Trinajstić information content (AvgIpc) is 0.741. The van der Waals surface area contributed by atoms with E-state index in [2.05, 4.69) is 41.9 Å². The number of hydrogen-bond donors (Lipinski definition) is 20. The van der Waals surface area contributed by atoms with Crippen LogP contribution >= 0.6 is 0 Å². The number of carbonyl (C=O) groups is 4. The Morgan fingerprint density at radius 2 is 0.870 bits per heavy atom. The lowest BCUT2D eigenvalue weighted by Crippen LogP contribution is -2.72. The van der Waals surface area contributed by atoms with Gasteiger partial charge < -0.3 is 150 Å². The summed E-state index contributed by atoms with van der Waals surface area (Å²) >= 11 is 0. The van der Waals surface area contributed by atoms with E-state index in [0.29, 0.717) is 12.8 Å². The van der Waals surface area contributed by atoms with E-state index in [1.807, 2.05) is 6.08 Å². The monoisotopic (exact) mass is 1660 g/mol. The number of amides is 3. The summed E-state index contributed by atoms with van der Waals surface area (Å²) in [7, 11) is 0. The van der Waals surface area contributed by atoms with Gasteiger partial charge in [0.2, 0.25) is 17.7 Å². The van der Waals surface area contributed by atoms with Crippen molar-refractivity contribution in [2.45, 2.75) is 424 Å². The predicted molar refractivity (Wildman–Crippen MR) is 415 cm³/mol. The van der Waals surface area contributed by atoms with Gasteiger partial charge in [0.15, 0.2) is 25.2 Å². The van der Waals surface area contributed by atoms with Gasteiger partial charge in [-0.3, -0.25) is 14.4 Å². The minimum Gasteiger partial charge on any atom is -0.477 e. The van der Waals surface area contributed by atoms with E-state index in [0.717, 1.165) is 71.6 Å². The third-order valence-electron chi connectivity index (χ3n) is 22.2. The minimum atomic E-state index is -3.38. The molecular formula is C81H145N3O31. The van der Waals surface area contributed by atoms with Crippen molar-refractivity contribution in [1.82, 2.24) is 16.0 Å². The molecule has 0 spiro atoms. The van der Waals surface area contributed by atoms with Crippen LogP contribution in [0.5, 0.6) is 0 Å². The Bertz CT molecular complexity index is 2700. The minimum absolute atomic E-state index is 0.132. The van der Waals surface area contributed by atoms with E-state index < -0.39 is 235 Å². The molecule has 5 aliphatic rings. The van der Waals surface area contributed by atoms with Crippen LogP contribution < -0.4 is 16.0 Å². The fourth-order valence-electron chi connectivity index (χ4n) is 15.4. The molecule has 0 saturated carbocycles. The Morgan fingerprint density at radius 1 is 0.452 bits per heavy atom. The van der Waals surface area contributed by atoms with Crippen molar-refractivity contribution in [2.24, 2.45) is 0 Å². The van der Waals surface area contributed by atoms with Crippen molar-refractivity contribution in [1.29, 1.82) is 0 Å². The summed E-state index contributed by atoms with van der Waals surface area (Å²) in [5.74, 6) is -7.71. The van der Waals surface area contributed by atoms with Crippen molar-refractivity contribution < 1.29 is 153 Å². The average molecular weight is 1660 g/mol. The SMILES string of the molecule is CCCCCCCC/C=C\CCCCCCCCCCCCCCCC(=O)NC(COC1OC(CO)C(OC2OC(CO)C(OC3OC(CO)C(O)C(OC4OC(CO)C(O)C(O)C4O)C3NC(C)=O)C(OC3(C(=O)O)CC(O)[C@@H](NC(C)=O)C([C@@H](O)[C@@H](O)CO)O3)C2O)C(O)C1O)C(O)/C=C/CCCCCCCCCCCCC. The lowest BCUT2D eigenvalue weighted by Gasteiger charge is -2.52. The molecule has 5 fully saturated rings. The van der Waals surface area contributed by atoms with Gasteiger partial charge in [-0.25, -0.2) is 4.79 Å². The van der Waals surface area contributed by atoms with E-state index >= 15 is 0 Å². The third-order valence-corrected chi connectivity index (χ3v) is 22.2. The van der Waals surface area contributed by atoms with E-state index in [9.17, 15) is 106 Å². The Balaban J connectivity index is 1.32. The second-order valence-corrected chi connectivity index (χ2v) is 31.7. The highest BCUT2D eigenvalue weighted by molar-refractivity contribution is 5.77. The summed E-state index contributed by atoms with van der Waals surface area (Å²) < 4.78 is 60.2. The number of carboxylic acids is 1. The zero-order valence-electron chi connectivity index (χ0n) is 68.2. The summed E-state index contributed by atoms with van der Waals surface area (Å²) in [6.07, 6.45) is -4.52. The van der Waals surface area contributed by atoms with Crippen LogP contribution in [-0.2, 0) is 66.5 Å².